The molecule has 5 unspecified atom stereocenters. The maximum absolute atomic E-state index is 13.4. The molecule has 14 nitrogen and oxygen atoms in total. The molecule has 1 aliphatic rings. The van der Waals surface area contributed by atoms with Gasteiger partial charge in [0.2, 0.25) is 5.75 Å². The number of aromatic nitrogens is 1. The molecule has 2 heterocycles. The summed E-state index contributed by atoms with van der Waals surface area (Å²) in [6.07, 6.45) is -2.32. The van der Waals surface area contributed by atoms with E-state index in [1.54, 1.807) is 38.1 Å². The standard InChI is InChI=1S/C31H36N2O12/c1-16(2)28(36)44-25-17(3)43-31(39)22(15-41-30(38)21(25)14-20-10-8-7-9-11-20)33-27(35)24-26(23(40-6)12-13-32-24)45-29(37)18(4)42-19(5)34/h7-13,16-18,21-22,25H,14-15H2,1-6H3,(H,33,35). The van der Waals surface area contributed by atoms with Crippen LogP contribution in [0.25, 0.3) is 0 Å². The Labute approximate surface area is 259 Å². The van der Waals surface area contributed by atoms with E-state index in [4.69, 9.17) is 28.4 Å². The first-order valence-corrected chi connectivity index (χ1v) is 14.2. The molecular formula is C31H36N2O12. The van der Waals surface area contributed by atoms with Crippen molar-refractivity contribution in [2.75, 3.05) is 13.7 Å². The highest BCUT2D eigenvalue weighted by molar-refractivity contribution is 5.99. The summed E-state index contributed by atoms with van der Waals surface area (Å²) in [5, 5.41) is 2.39. The number of rotatable bonds is 10. The molecule has 0 spiro atoms. The van der Waals surface area contributed by atoms with E-state index < -0.39 is 90.0 Å². The number of pyridine rings is 1. The second-order valence-electron chi connectivity index (χ2n) is 10.5. The molecule has 0 radical (unpaired) electrons. The number of hydrogen-bond acceptors (Lipinski definition) is 13. The minimum Gasteiger partial charge on any atom is -0.493 e. The van der Waals surface area contributed by atoms with Gasteiger partial charge in [-0.05, 0) is 25.8 Å². The zero-order valence-corrected chi connectivity index (χ0v) is 25.8. The van der Waals surface area contributed by atoms with Gasteiger partial charge in [-0.25, -0.2) is 14.6 Å². The molecule has 1 N–H and O–H groups in total. The van der Waals surface area contributed by atoms with Gasteiger partial charge in [0.15, 0.2) is 29.7 Å². The number of hydrogen-bond donors (Lipinski definition) is 1. The lowest BCUT2D eigenvalue weighted by Gasteiger charge is -2.29. The van der Waals surface area contributed by atoms with Crippen LogP contribution in [0.4, 0.5) is 0 Å². The first kappa shape index (κ1) is 34.5. The number of amides is 1. The van der Waals surface area contributed by atoms with Gasteiger partial charge in [0, 0.05) is 19.2 Å². The van der Waals surface area contributed by atoms with Crippen LogP contribution in [0.15, 0.2) is 42.6 Å². The Hall–Kier alpha value is -5.01. The molecule has 0 aliphatic carbocycles. The average Bonchev–Trinajstić information content (AvgIpc) is 3.03. The summed E-state index contributed by atoms with van der Waals surface area (Å²) in [6.45, 7) is 6.47. The van der Waals surface area contributed by atoms with Crippen molar-refractivity contribution in [3.05, 3.63) is 53.9 Å². The van der Waals surface area contributed by atoms with Gasteiger partial charge >= 0.3 is 29.8 Å². The fourth-order valence-electron chi connectivity index (χ4n) is 4.31. The Morgan fingerprint density at radius 3 is 2.33 bits per heavy atom. The Morgan fingerprint density at radius 2 is 1.71 bits per heavy atom. The highest BCUT2D eigenvalue weighted by atomic mass is 16.6. The number of cyclic esters (lactones) is 2. The maximum Gasteiger partial charge on any atom is 0.352 e. The molecule has 1 aromatic heterocycles. The molecule has 14 heteroatoms. The van der Waals surface area contributed by atoms with Crippen LogP contribution in [0.2, 0.25) is 0 Å². The number of benzene rings is 1. The number of nitrogens with one attached hydrogen (secondary N) is 1. The zero-order valence-electron chi connectivity index (χ0n) is 25.8. The normalized spacial score (nSPS) is 20.7. The van der Waals surface area contributed by atoms with Crippen molar-refractivity contribution in [3.8, 4) is 11.5 Å². The van der Waals surface area contributed by atoms with E-state index in [1.807, 2.05) is 6.07 Å². The van der Waals surface area contributed by atoms with Crippen molar-refractivity contribution in [3.63, 3.8) is 0 Å². The molecule has 1 fully saturated rings. The van der Waals surface area contributed by atoms with Crippen LogP contribution in [-0.4, -0.2) is 78.8 Å². The van der Waals surface area contributed by atoms with Crippen LogP contribution in [0.3, 0.4) is 0 Å². The third-order valence-electron chi connectivity index (χ3n) is 6.65. The Kier molecular flexibility index (Phi) is 12.0. The van der Waals surface area contributed by atoms with Crippen molar-refractivity contribution in [2.45, 2.75) is 65.4 Å². The third-order valence-corrected chi connectivity index (χ3v) is 6.65. The lowest BCUT2D eigenvalue weighted by molar-refractivity contribution is -0.176. The van der Waals surface area contributed by atoms with Crippen LogP contribution in [-0.2, 0) is 49.3 Å². The fourth-order valence-corrected chi connectivity index (χ4v) is 4.31. The summed E-state index contributed by atoms with van der Waals surface area (Å²) < 4.78 is 32.0. The molecule has 0 bridgehead atoms. The number of carbonyl (C=O) groups excluding carboxylic acids is 6. The van der Waals surface area contributed by atoms with Gasteiger partial charge in [-0.2, -0.15) is 0 Å². The monoisotopic (exact) mass is 628 g/mol. The van der Waals surface area contributed by atoms with Crippen LogP contribution in [0.1, 0.15) is 50.7 Å². The van der Waals surface area contributed by atoms with Gasteiger partial charge in [0.25, 0.3) is 5.91 Å². The predicted molar refractivity (Wildman–Crippen MR) is 154 cm³/mol. The molecule has 1 aromatic carbocycles. The average molecular weight is 629 g/mol. The Balaban J connectivity index is 1.89. The van der Waals surface area contributed by atoms with Gasteiger partial charge in [0.1, 0.15) is 18.6 Å². The zero-order chi connectivity index (χ0) is 33.3. The van der Waals surface area contributed by atoms with Crippen molar-refractivity contribution in [2.24, 2.45) is 11.8 Å². The summed E-state index contributed by atoms with van der Waals surface area (Å²) in [7, 11) is 1.26. The van der Waals surface area contributed by atoms with Crippen molar-refractivity contribution in [1.29, 1.82) is 0 Å². The van der Waals surface area contributed by atoms with Crippen molar-refractivity contribution >= 4 is 35.8 Å². The SMILES string of the molecule is COc1ccnc(C(=O)NC2COC(=O)C(Cc3ccccc3)C(OC(=O)C(C)C)C(C)OC2=O)c1OC(=O)C(C)OC(C)=O. The summed E-state index contributed by atoms with van der Waals surface area (Å²) in [5.41, 5.74) is 0.289. The Morgan fingerprint density at radius 1 is 1.02 bits per heavy atom. The first-order chi connectivity index (χ1) is 21.3. The van der Waals surface area contributed by atoms with Crippen molar-refractivity contribution < 1.29 is 57.2 Å². The van der Waals surface area contributed by atoms with E-state index in [0.717, 1.165) is 12.5 Å². The van der Waals surface area contributed by atoms with Gasteiger partial charge in [-0.3, -0.25) is 19.2 Å². The van der Waals surface area contributed by atoms with E-state index in [9.17, 15) is 28.8 Å². The van der Waals surface area contributed by atoms with E-state index in [-0.39, 0.29) is 12.2 Å². The highest BCUT2D eigenvalue weighted by Crippen LogP contribution is 2.30. The molecule has 242 valence electrons. The van der Waals surface area contributed by atoms with Gasteiger partial charge < -0.3 is 33.7 Å². The number of esters is 5. The van der Waals surface area contributed by atoms with Crippen molar-refractivity contribution in [1.82, 2.24) is 10.3 Å². The van der Waals surface area contributed by atoms with Gasteiger partial charge in [-0.1, -0.05) is 44.2 Å². The van der Waals surface area contributed by atoms with E-state index in [0.29, 0.717) is 0 Å². The maximum atomic E-state index is 13.4. The molecule has 1 amide bonds. The lowest BCUT2D eigenvalue weighted by atomic mass is 9.91. The van der Waals surface area contributed by atoms with Crippen LogP contribution in [0.5, 0.6) is 11.5 Å². The molecular weight excluding hydrogens is 592 g/mol. The summed E-state index contributed by atoms with van der Waals surface area (Å²) in [5.74, 6) is -7.18. The van der Waals surface area contributed by atoms with Gasteiger partial charge in [-0.15, -0.1) is 0 Å². The fraction of sp³-hybridized carbons (Fsp3) is 0.452. The third kappa shape index (κ3) is 9.24. The van der Waals surface area contributed by atoms with Gasteiger partial charge in [0.05, 0.1) is 13.0 Å². The quantitative estimate of drug-likeness (QED) is 0.298. The number of methoxy groups -OCH3 is 1. The largest absolute Gasteiger partial charge is 0.493 e. The minimum atomic E-state index is -1.53. The molecule has 45 heavy (non-hydrogen) atoms. The number of nitrogens with zero attached hydrogens (tertiary/aromatic N) is 1. The lowest BCUT2D eigenvalue weighted by Crippen LogP contribution is -2.47. The van der Waals surface area contributed by atoms with E-state index in [1.165, 1.54) is 33.2 Å². The molecule has 1 saturated heterocycles. The van der Waals surface area contributed by atoms with E-state index >= 15 is 0 Å². The molecule has 0 saturated carbocycles. The number of carbonyl (C=O) groups is 6. The minimum absolute atomic E-state index is 0.0609. The topological polar surface area (TPSA) is 183 Å². The number of ether oxygens (including phenoxy) is 6. The first-order valence-electron chi connectivity index (χ1n) is 14.2. The molecule has 2 aromatic rings. The summed E-state index contributed by atoms with van der Waals surface area (Å²) in [4.78, 5) is 80.5. The molecule has 1 aliphatic heterocycles. The van der Waals surface area contributed by atoms with Crippen LogP contribution < -0.4 is 14.8 Å². The van der Waals surface area contributed by atoms with Crippen LogP contribution in [0, 0.1) is 11.8 Å². The smallest absolute Gasteiger partial charge is 0.352 e. The molecule has 3 rings (SSSR count). The second kappa shape index (κ2) is 15.6. The predicted octanol–water partition coefficient (Wildman–Crippen LogP) is 1.96. The summed E-state index contributed by atoms with van der Waals surface area (Å²) >= 11 is 0. The van der Waals surface area contributed by atoms with Crippen LogP contribution >= 0.6 is 0 Å². The Bertz CT molecular complexity index is 1410. The van der Waals surface area contributed by atoms with E-state index in [2.05, 4.69) is 10.3 Å². The summed E-state index contributed by atoms with van der Waals surface area (Å²) in [6, 6.07) is 8.75. The molecule has 5 atom stereocenters. The second-order valence-corrected chi connectivity index (χ2v) is 10.5. The highest BCUT2D eigenvalue weighted by Gasteiger charge is 2.42.